The molecule has 9 heteroatoms. The van der Waals surface area contributed by atoms with Gasteiger partial charge in [-0.1, -0.05) is 0 Å². The number of rotatable bonds is 7. The highest BCUT2D eigenvalue weighted by molar-refractivity contribution is 5.84. The first-order valence-electron chi connectivity index (χ1n) is 8.37. The zero-order valence-electron chi connectivity index (χ0n) is 15.2. The van der Waals surface area contributed by atoms with E-state index in [2.05, 4.69) is 25.3 Å². The molecular weight excluding hydrogens is 334 g/mol. The maximum absolute atomic E-state index is 8.93. The van der Waals surface area contributed by atoms with Gasteiger partial charge in [-0.25, -0.2) is 4.98 Å². The van der Waals surface area contributed by atoms with Crippen molar-refractivity contribution < 1.29 is 9.84 Å². The molecule has 0 spiro atoms. The van der Waals surface area contributed by atoms with Crippen LogP contribution < -0.4 is 15.8 Å². The van der Waals surface area contributed by atoms with Crippen molar-refractivity contribution in [3.05, 3.63) is 29.3 Å². The van der Waals surface area contributed by atoms with Crippen molar-refractivity contribution in [3.63, 3.8) is 0 Å². The molecule has 0 unspecified atom stereocenters. The number of aliphatic hydroxyl groups excluding tert-OH is 1. The molecule has 4 N–H and O–H groups in total. The number of nitrogens with two attached hydrogens (primary N) is 1. The molecule has 0 saturated heterocycles. The van der Waals surface area contributed by atoms with Crippen LogP contribution in [0.25, 0.3) is 11.2 Å². The van der Waals surface area contributed by atoms with Crippen molar-refractivity contribution in [1.29, 1.82) is 0 Å². The van der Waals surface area contributed by atoms with Crippen molar-refractivity contribution in [2.45, 2.75) is 26.8 Å². The first-order chi connectivity index (χ1) is 12.5. The average molecular weight is 357 g/mol. The Morgan fingerprint density at radius 1 is 1.27 bits per heavy atom. The van der Waals surface area contributed by atoms with Crippen LogP contribution in [0.15, 0.2) is 12.5 Å². The van der Waals surface area contributed by atoms with Crippen LogP contribution in [0.1, 0.15) is 23.2 Å². The summed E-state index contributed by atoms with van der Waals surface area (Å²) in [5.74, 6) is 1.56. The lowest BCUT2D eigenvalue weighted by Gasteiger charge is -2.13. The van der Waals surface area contributed by atoms with E-state index in [1.807, 2.05) is 18.4 Å². The quantitative estimate of drug-likeness (QED) is 0.540. The van der Waals surface area contributed by atoms with E-state index in [0.29, 0.717) is 36.5 Å². The zero-order chi connectivity index (χ0) is 18.7. The molecule has 0 aliphatic heterocycles. The van der Waals surface area contributed by atoms with Gasteiger partial charge in [0.25, 0.3) is 0 Å². The van der Waals surface area contributed by atoms with Gasteiger partial charge in [-0.15, -0.1) is 0 Å². The Morgan fingerprint density at radius 3 is 2.81 bits per heavy atom. The van der Waals surface area contributed by atoms with Crippen LogP contribution >= 0.6 is 0 Å². The zero-order valence-corrected chi connectivity index (χ0v) is 15.2. The molecule has 3 heterocycles. The lowest BCUT2D eigenvalue weighted by atomic mass is 10.1. The summed E-state index contributed by atoms with van der Waals surface area (Å²) >= 11 is 0. The summed E-state index contributed by atoms with van der Waals surface area (Å²) in [6.07, 6.45) is 4.10. The second-order valence-corrected chi connectivity index (χ2v) is 6.03. The summed E-state index contributed by atoms with van der Waals surface area (Å²) in [7, 11) is 1.66. The van der Waals surface area contributed by atoms with Crippen molar-refractivity contribution in [2.75, 3.05) is 31.3 Å². The van der Waals surface area contributed by atoms with Gasteiger partial charge in [-0.05, 0) is 20.3 Å². The first kappa shape index (κ1) is 17.9. The molecule has 0 saturated carbocycles. The van der Waals surface area contributed by atoms with Gasteiger partial charge in [0.1, 0.15) is 5.75 Å². The fraction of sp³-hybridized carbons (Fsp3) is 0.412. The predicted molar refractivity (Wildman–Crippen MR) is 99.3 cm³/mol. The van der Waals surface area contributed by atoms with Crippen molar-refractivity contribution >= 4 is 22.9 Å². The van der Waals surface area contributed by atoms with E-state index in [4.69, 9.17) is 15.6 Å². The average Bonchev–Trinajstić information content (AvgIpc) is 3.01. The van der Waals surface area contributed by atoms with Crippen molar-refractivity contribution in [3.8, 4) is 5.75 Å². The SMILES string of the molecule is COc1c(C)cnc(Cn2cnc3c(NCCCO)nc(N)nc32)c1C. The van der Waals surface area contributed by atoms with Crippen LogP contribution in [-0.2, 0) is 6.54 Å². The van der Waals surface area contributed by atoms with E-state index in [9.17, 15) is 0 Å². The highest BCUT2D eigenvalue weighted by Gasteiger charge is 2.15. The maximum atomic E-state index is 8.93. The topological polar surface area (TPSA) is 124 Å². The van der Waals surface area contributed by atoms with Crippen LogP contribution in [0.5, 0.6) is 5.75 Å². The van der Waals surface area contributed by atoms with Gasteiger partial charge in [0.15, 0.2) is 17.0 Å². The molecule has 3 aromatic heterocycles. The number of nitrogen functional groups attached to an aromatic ring is 1. The Kier molecular flexibility index (Phi) is 5.17. The second kappa shape index (κ2) is 7.52. The van der Waals surface area contributed by atoms with Crippen molar-refractivity contribution in [1.82, 2.24) is 24.5 Å². The smallest absolute Gasteiger partial charge is 0.224 e. The van der Waals surface area contributed by atoms with Gasteiger partial charge in [0.2, 0.25) is 5.95 Å². The number of nitrogens with one attached hydrogen (secondary N) is 1. The van der Waals surface area contributed by atoms with Crippen LogP contribution in [-0.4, -0.2) is 49.9 Å². The number of hydrogen-bond acceptors (Lipinski definition) is 8. The molecular formula is C17H23N7O2. The number of aromatic nitrogens is 5. The number of nitrogens with zero attached hydrogens (tertiary/aromatic N) is 5. The molecule has 0 atom stereocenters. The molecule has 0 aliphatic rings. The second-order valence-electron chi connectivity index (χ2n) is 6.03. The third-order valence-corrected chi connectivity index (χ3v) is 4.18. The molecule has 0 bridgehead atoms. The molecule has 0 fully saturated rings. The van der Waals surface area contributed by atoms with E-state index in [0.717, 1.165) is 22.6 Å². The summed E-state index contributed by atoms with van der Waals surface area (Å²) in [6.45, 7) is 5.12. The third kappa shape index (κ3) is 3.38. The third-order valence-electron chi connectivity index (χ3n) is 4.18. The van der Waals surface area contributed by atoms with Gasteiger partial charge >= 0.3 is 0 Å². The number of imidazole rings is 1. The number of pyridine rings is 1. The molecule has 3 rings (SSSR count). The molecule has 9 nitrogen and oxygen atoms in total. The number of aryl methyl sites for hydroxylation is 1. The Balaban J connectivity index is 1.97. The van der Waals surface area contributed by atoms with Gasteiger partial charge in [0.05, 0.1) is 25.7 Å². The van der Waals surface area contributed by atoms with Gasteiger partial charge < -0.3 is 25.5 Å². The minimum Gasteiger partial charge on any atom is -0.496 e. The van der Waals surface area contributed by atoms with Crippen LogP contribution in [0.4, 0.5) is 11.8 Å². The number of ether oxygens (including phenoxy) is 1. The van der Waals surface area contributed by atoms with E-state index < -0.39 is 0 Å². The molecule has 0 radical (unpaired) electrons. The Morgan fingerprint density at radius 2 is 2.08 bits per heavy atom. The normalized spacial score (nSPS) is 11.1. The van der Waals surface area contributed by atoms with Crippen LogP contribution in [0.3, 0.4) is 0 Å². The number of methoxy groups -OCH3 is 1. The number of aliphatic hydroxyl groups is 1. The van der Waals surface area contributed by atoms with Gasteiger partial charge in [-0.3, -0.25) is 4.98 Å². The molecule has 138 valence electrons. The van der Waals surface area contributed by atoms with Crippen LogP contribution in [0, 0.1) is 13.8 Å². The van der Waals surface area contributed by atoms with E-state index >= 15 is 0 Å². The Labute approximate surface area is 151 Å². The predicted octanol–water partition coefficient (Wildman–Crippen LogP) is 1.27. The van der Waals surface area contributed by atoms with E-state index in [-0.39, 0.29) is 12.6 Å². The van der Waals surface area contributed by atoms with Gasteiger partial charge in [-0.2, -0.15) is 9.97 Å². The summed E-state index contributed by atoms with van der Waals surface area (Å²) in [5, 5.41) is 12.1. The lowest BCUT2D eigenvalue weighted by molar-refractivity contribution is 0.292. The monoisotopic (exact) mass is 357 g/mol. The van der Waals surface area contributed by atoms with Crippen LogP contribution in [0.2, 0.25) is 0 Å². The largest absolute Gasteiger partial charge is 0.496 e. The standard InChI is InChI=1S/C17H23N7O2/c1-10-7-20-12(11(2)14(10)26-3)8-24-9-21-13-15(19-5-4-6-25)22-17(18)23-16(13)24/h7,9,25H,4-6,8H2,1-3H3,(H3,18,19,22,23). The molecule has 0 amide bonds. The summed E-state index contributed by atoms with van der Waals surface area (Å²) < 4.78 is 7.36. The first-order valence-corrected chi connectivity index (χ1v) is 8.37. The minimum absolute atomic E-state index is 0.103. The minimum atomic E-state index is 0.103. The molecule has 0 aliphatic carbocycles. The summed E-state index contributed by atoms with van der Waals surface area (Å²) in [5.41, 5.74) is 9.97. The van der Waals surface area contributed by atoms with Crippen molar-refractivity contribution in [2.24, 2.45) is 0 Å². The Hall–Kier alpha value is -2.94. The molecule has 3 aromatic rings. The number of fused-ring (bicyclic) bond motifs is 1. The van der Waals surface area contributed by atoms with Gasteiger partial charge in [0, 0.05) is 30.5 Å². The van der Waals surface area contributed by atoms with E-state index in [1.54, 1.807) is 19.6 Å². The molecule has 26 heavy (non-hydrogen) atoms. The van der Waals surface area contributed by atoms with E-state index in [1.165, 1.54) is 0 Å². The fourth-order valence-corrected chi connectivity index (χ4v) is 2.88. The highest BCUT2D eigenvalue weighted by Crippen LogP contribution is 2.26. The highest BCUT2D eigenvalue weighted by atomic mass is 16.5. The maximum Gasteiger partial charge on any atom is 0.224 e. The number of hydrogen-bond donors (Lipinski definition) is 3. The number of anilines is 2. The summed E-state index contributed by atoms with van der Waals surface area (Å²) in [4.78, 5) is 17.5. The molecule has 0 aromatic carbocycles. The summed E-state index contributed by atoms with van der Waals surface area (Å²) in [6, 6.07) is 0. The lowest BCUT2D eigenvalue weighted by Crippen LogP contribution is -2.09. The Bertz CT molecular complexity index is 923. The fourth-order valence-electron chi connectivity index (χ4n) is 2.88.